The van der Waals surface area contributed by atoms with Crippen LogP contribution >= 0.6 is 0 Å². The molecule has 1 fully saturated rings. The fraction of sp³-hybridized carbons (Fsp3) is 0.278. The van der Waals surface area contributed by atoms with Crippen molar-refractivity contribution in [3.05, 3.63) is 59.2 Å². The molecule has 0 saturated heterocycles. The monoisotopic (exact) mass is 278 g/mol. The minimum absolute atomic E-state index is 0.576. The summed E-state index contributed by atoms with van der Waals surface area (Å²) < 4.78 is 5.83. The number of hydrogen-bond donors (Lipinski definition) is 1. The molecule has 1 N–H and O–H groups in total. The Morgan fingerprint density at radius 2 is 2.10 bits per heavy atom. The van der Waals surface area contributed by atoms with E-state index < -0.39 is 0 Å². The third-order valence-corrected chi connectivity index (χ3v) is 3.55. The van der Waals surface area contributed by atoms with Crippen molar-refractivity contribution >= 4 is 0 Å². The molecule has 0 aromatic heterocycles. The summed E-state index contributed by atoms with van der Waals surface area (Å²) in [4.78, 5) is 0. The third kappa shape index (κ3) is 3.62. The Morgan fingerprint density at radius 1 is 1.24 bits per heavy atom. The third-order valence-electron chi connectivity index (χ3n) is 3.55. The predicted molar refractivity (Wildman–Crippen MR) is 82.3 cm³/mol. The number of benzene rings is 2. The molecule has 3 heteroatoms. The van der Waals surface area contributed by atoms with E-state index in [0.29, 0.717) is 17.4 Å². The van der Waals surface area contributed by atoms with Crippen LogP contribution in [0, 0.1) is 18.3 Å². The van der Waals surface area contributed by atoms with Crippen molar-refractivity contribution in [3.8, 4) is 17.6 Å². The maximum Gasteiger partial charge on any atom is 0.145 e. The van der Waals surface area contributed by atoms with Crippen LogP contribution in [0.4, 0.5) is 0 Å². The van der Waals surface area contributed by atoms with Crippen molar-refractivity contribution in [3.63, 3.8) is 0 Å². The molecule has 3 nitrogen and oxygen atoms in total. The lowest BCUT2D eigenvalue weighted by Gasteiger charge is -2.10. The van der Waals surface area contributed by atoms with Crippen LogP contribution in [0.25, 0.3) is 0 Å². The second-order valence-corrected chi connectivity index (χ2v) is 5.52. The second-order valence-electron chi connectivity index (χ2n) is 5.52. The normalized spacial score (nSPS) is 13.7. The number of rotatable bonds is 5. The smallest absolute Gasteiger partial charge is 0.145 e. The largest absolute Gasteiger partial charge is 0.456 e. The van der Waals surface area contributed by atoms with Gasteiger partial charge in [-0.15, -0.1) is 0 Å². The Hall–Kier alpha value is -2.31. The first-order valence-corrected chi connectivity index (χ1v) is 7.25. The van der Waals surface area contributed by atoms with E-state index in [9.17, 15) is 5.26 Å². The van der Waals surface area contributed by atoms with Gasteiger partial charge in [0, 0.05) is 12.6 Å². The van der Waals surface area contributed by atoms with Crippen molar-refractivity contribution in [2.24, 2.45) is 0 Å². The lowest BCUT2D eigenvalue weighted by Crippen LogP contribution is -2.15. The molecule has 1 aliphatic carbocycles. The Bertz CT molecular complexity index is 684. The van der Waals surface area contributed by atoms with E-state index in [1.54, 1.807) is 0 Å². The highest BCUT2D eigenvalue weighted by atomic mass is 16.5. The summed E-state index contributed by atoms with van der Waals surface area (Å²) >= 11 is 0. The summed E-state index contributed by atoms with van der Waals surface area (Å²) in [5.74, 6) is 1.37. The van der Waals surface area contributed by atoms with Gasteiger partial charge in [-0.25, -0.2) is 0 Å². The lowest BCUT2D eigenvalue weighted by atomic mass is 10.1. The quantitative estimate of drug-likeness (QED) is 0.901. The van der Waals surface area contributed by atoms with Gasteiger partial charge in [0.05, 0.1) is 5.56 Å². The zero-order valence-electron chi connectivity index (χ0n) is 12.1. The summed E-state index contributed by atoms with van der Waals surface area (Å²) in [5, 5.41) is 12.8. The van der Waals surface area contributed by atoms with Gasteiger partial charge in [0.2, 0.25) is 0 Å². The van der Waals surface area contributed by atoms with E-state index in [-0.39, 0.29) is 0 Å². The Morgan fingerprint density at radius 3 is 2.81 bits per heavy atom. The number of nitrogens with one attached hydrogen (secondary N) is 1. The predicted octanol–water partition coefficient (Wildman–Crippen LogP) is 3.91. The molecule has 0 bridgehead atoms. The summed E-state index contributed by atoms with van der Waals surface area (Å²) in [7, 11) is 0. The Balaban J connectivity index is 1.76. The van der Waals surface area contributed by atoms with Gasteiger partial charge < -0.3 is 10.1 Å². The molecule has 21 heavy (non-hydrogen) atoms. The molecule has 0 atom stereocenters. The van der Waals surface area contributed by atoms with E-state index in [1.807, 2.05) is 49.4 Å². The van der Waals surface area contributed by atoms with Crippen LogP contribution in [0.2, 0.25) is 0 Å². The molecule has 0 spiro atoms. The fourth-order valence-corrected chi connectivity index (χ4v) is 2.22. The van der Waals surface area contributed by atoms with Gasteiger partial charge in [0.15, 0.2) is 0 Å². The minimum Gasteiger partial charge on any atom is -0.456 e. The number of hydrogen-bond acceptors (Lipinski definition) is 3. The molecule has 2 aromatic carbocycles. The summed E-state index contributed by atoms with van der Waals surface area (Å²) in [6.45, 7) is 2.83. The van der Waals surface area contributed by atoms with Crippen LogP contribution in [-0.4, -0.2) is 6.04 Å². The van der Waals surface area contributed by atoms with E-state index in [1.165, 1.54) is 12.8 Å². The van der Waals surface area contributed by atoms with Crippen LogP contribution in [-0.2, 0) is 6.54 Å². The van der Waals surface area contributed by atoms with E-state index in [4.69, 9.17) is 4.74 Å². The van der Waals surface area contributed by atoms with Gasteiger partial charge >= 0.3 is 0 Å². The maximum absolute atomic E-state index is 9.31. The van der Waals surface area contributed by atoms with Crippen molar-refractivity contribution in [2.75, 3.05) is 0 Å². The zero-order valence-corrected chi connectivity index (χ0v) is 12.1. The molecule has 106 valence electrons. The molecule has 0 radical (unpaired) electrons. The highest BCUT2D eigenvalue weighted by Crippen LogP contribution is 2.27. The van der Waals surface area contributed by atoms with Crippen molar-refractivity contribution < 1.29 is 4.74 Å². The average molecular weight is 278 g/mol. The van der Waals surface area contributed by atoms with Crippen LogP contribution in [0.1, 0.15) is 29.5 Å². The first-order valence-electron chi connectivity index (χ1n) is 7.25. The molecule has 3 rings (SSSR count). The average Bonchev–Trinajstić information content (AvgIpc) is 3.30. The van der Waals surface area contributed by atoms with Crippen LogP contribution in [0.5, 0.6) is 11.5 Å². The summed E-state index contributed by atoms with van der Waals surface area (Å²) in [5.41, 5.74) is 2.83. The van der Waals surface area contributed by atoms with E-state index in [0.717, 1.165) is 23.4 Å². The van der Waals surface area contributed by atoms with Gasteiger partial charge in [0.25, 0.3) is 0 Å². The van der Waals surface area contributed by atoms with Gasteiger partial charge in [-0.05, 0) is 55.2 Å². The van der Waals surface area contributed by atoms with Crippen molar-refractivity contribution in [2.45, 2.75) is 32.4 Å². The van der Waals surface area contributed by atoms with Gasteiger partial charge in [-0.1, -0.05) is 18.2 Å². The molecule has 0 amide bonds. The second kappa shape index (κ2) is 5.99. The van der Waals surface area contributed by atoms with Crippen LogP contribution in [0.15, 0.2) is 42.5 Å². The van der Waals surface area contributed by atoms with Crippen molar-refractivity contribution in [1.82, 2.24) is 5.32 Å². The zero-order chi connectivity index (χ0) is 14.7. The van der Waals surface area contributed by atoms with Crippen LogP contribution < -0.4 is 10.1 Å². The summed E-state index contributed by atoms with van der Waals surface area (Å²) in [6, 6.07) is 16.5. The molecule has 1 saturated carbocycles. The SMILES string of the molecule is Cc1cccc(Oc2ccc(CNC3CC3)cc2C#N)c1. The standard InChI is InChI=1S/C18H18N2O/c1-13-3-2-4-17(9-13)21-18-8-5-14(10-15(18)11-19)12-20-16-6-7-16/h2-5,8-10,16,20H,6-7,12H2,1H3. The van der Waals surface area contributed by atoms with E-state index in [2.05, 4.69) is 11.4 Å². The molecule has 2 aromatic rings. The lowest BCUT2D eigenvalue weighted by molar-refractivity contribution is 0.480. The van der Waals surface area contributed by atoms with Gasteiger partial charge in [-0.3, -0.25) is 0 Å². The Kier molecular flexibility index (Phi) is 3.89. The molecular weight excluding hydrogens is 260 g/mol. The van der Waals surface area contributed by atoms with Crippen LogP contribution in [0.3, 0.4) is 0 Å². The fourth-order valence-electron chi connectivity index (χ4n) is 2.22. The molecule has 0 heterocycles. The molecule has 1 aliphatic rings. The van der Waals surface area contributed by atoms with Crippen molar-refractivity contribution in [1.29, 1.82) is 5.26 Å². The number of aryl methyl sites for hydroxylation is 1. The number of nitrogens with zero attached hydrogens (tertiary/aromatic N) is 1. The highest BCUT2D eigenvalue weighted by Gasteiger charge is 2.20. The Labute approximate surface area is 125 Å². The number of nitriles is 1. The topological polar surface area (TPSA) is 45.0 Å². The van der Waals surface area contributed by atoms with Gasteiger partial charge in [0.1, 0.15) is 17.6 Å². The maximum atomic E-state index is 9.31. The first-order chi connectivity index (χ1) is 10.2. The number of ether oxygens (including phenoxy) is 1. The minimum atomic E-state index is 0.576. The molecule has 0 unspecified atom stereocenters. The van der Waals surface area contributed by atoms with Gasteiger partial charge in [-0.2, -0.15) is 5.26 Å². The van der Waals surface area contributed by atoms with E-state index >= 15 is 0 Å². The first kappa shape index (κ1) is 13.7. The highest BCUT2D eigenvalue weighted by molar-refractivity contribution is 5.47. The molecule has 0 aliphatic heterocycles. The summed E-state index contributed by atoms with van der Waals surface area (Å²) in [6.07, 6.45) is 2.53. The molecular formula is C18H18N2O.